The zero-order valence-electron chi connectivity index (χ0n) is 7.56. The van der Waals surface area contributed by atoms with E-state index in [0.717, 1.165) is 4.88 Å². The molecule has 0 aliphatic carbocycles. The molecule has 1 aromatic heterocycles. The lowest BCUT2D eigenvalue weighted by molar-refractivity contribution is -0.124. The van der Waals surface area contributed by atoms with Gasteiger partial charge in [-0.3, -0.25) is 4.79 Å². The number of rotatable bonds is 4. The Morgan fingerprint density at radius 3 is 2.80 bits per heavy atom. The summed E-state index contributed by atoms with van der Waals surface area (Å²) in [7, 11) is 0. The molecule has 15 heavy (non-hydrogen) atoms. The number of alkyl halides is 2. The van der Waals surface area contributed by atoms with Crippen LogP contribution in [0.15, 0.2) is 35.4 Å². The number of aliphatic hydroxyl groups is 1. The maximum atomic E-state index is 11.8. The van der Waals surface area contributed by atoms with Crippen LogP contribution in [0.4, 0.5) is 8.78 Å². The molecule has 2 nitrogen and oxygen atoms in total. The fraction of sp³-hybridized carbons (Fsp3) is 0.100. The standard InChI is InChI=1S/C10H8F2O2S/c11-10(12)9(14)6-7(13)3-4-8-2-1-5-15-8/h1-6,10,13H/b4-3+,7-6?. The number of halogens is 2. The van der Waals surface area contributed by atoms with E-state index in [9.17, 15) is 13.6 Å². The molecule has 0 aliphatic heterocycles. The van der Waals surface area contributed by atoms with Crippen LogP contribution < -0.4 is 0 Å². The number of thiophene rings is 1. The second-order valence-corrected chi connectivity index (χ2v) is 3.60. The van der Waals surface area contributed by atoms with E-state index in [0.29, 0.717) is 6.08 Å². The molecule has 0 saturated heterocycles. The molecule has 0 unspecified atom stereocenters. The minimum atomic E-state index is -3.08. The normalized spacial score (nSPS) is 12.6. The van der Waals surface area contributed by atoms with Gasteiger partial charge in [0.2, 0.25) is 5.78 Å². The zero-order valence-corrected chi connectivity index (χ0v) is 8.38. The molecule has 0 bridgehead atoms. The van der Waals surface area contributed by atoms with E-state index in [1.54, 1.807) is 6.07 Å². The van der Waals surface area contributed by atoms with Crippen LogP contribution in [-0.4, -0.2) is 17.3 Å². The lowest BCUT2D eigenvalue weighted by Crippen LogP contribution is -2.06. The molecule has 0 aromatic carbocycles. The minimum absolute atomic E-state index is 0.478. The molecule has 80 valence electrons. The number of carbonyl (C=O) groups is 1. The fourth-order valence-corrected chi connectivity index (χ4v) is 1.43. The van der Waals surface area contributed by atoms with Gasteiger partial charge in [0.25, 0.3) is 6.43 Å². The Morgan fingerprint density at radius 2 is 2.27 bits per heavy atom. The third-order valence-corrected chi connectivity index (χ3v) is 2.30. The van der Waals surface area contributed by atoms with Crippen molar-refractivity contribution >= 4 is 23.2 Å². The SMILES string of the molecule is O=C(C=C(O)/C=C/c1cccs1)C(F)F. The van der Waals surface area contributed by atoms with Crippen molar-refractivity contribution in [3.63, 3.8) is 0 Å². The number of hydrogen-bond acceptors (Lipinski definition) is 3. The molecule has 0 atom stereocenters. The van der Waals surface area contributed by atoms with Gasteiger partial charge in [0.1, 0.15) is 5.76 Å². The van der Waals surface area contributed by atoms with Crippen LogP contribution in [0.1, 0.15) is 4.88 Å². The number of hydrogen-bond donors (Lipinski definition) is 1. The molecule has 0 radical (unpaired) electrons. The third-order valence-electron chi connectivity index (χ3n) is 1.47. The van der Waals surface area contributed by atoms with E-state index in [4.69, 9.17) is 5.11 Å². The summed E-state index contributed by atoms with van der Waals surface area (Å²) in [6.07, 6.45) is 0.165. The summed E-state index contributed by atoms with van der Waals surface area (Å²) in [6.45, 7) is 0. The van der Waals surface area contributed by atoms with Crippen LogP contribution in [-0.2, 0) is 4.79 Å². The predicted molar refractivity (Wildman–Crippen MR) is 55.1 cm³/mol. The maximum Gasteiger partial charge on any atom is 0.300 e. The summed E-state index contributed by atoms with van der Waals surface area (Å²) in [5.41, 5.74) is 0. The highest BCUT2D eigenvalue weighted by Gasteiger charge is 2.12. The van der Waals surface area contributed by atoms with Gasteiger partial charge in [-0.25, -0.2) is 8.78 Å². The molecule has 0 aliphatic rings. The Hall–Kier alpha value is -1.49. The molecule has 5 heteroatoms. The van der Waals surface area contributed by atoms with Crippen LogP contribution in [0.25, 0.3) is 6.08 Å². The Kier molecular flexibility index (Phi) is 4.17. The third kappa shape index (κ3) is 4.03. The largest absolute Gasteiger partial charge is 0.508 e. The number of carbonyl (C=O) groups excluding carboxylic acids is 1. The van der Waals surface area contributed by atoms with Gasteiger partial charge >= 0.3 is 0 Å². The summed E-state index contributed by atoms with van der Waals surface area (Å²) in [4.78, 5) is 11.4. The monoisotopic (exact) mass is 230 g/mol. The molecule has 1 aromatic rings. The molecular weight excluding hydrogens is 222 g/mol. The smallest absolute Gasteiger partial charge is 0.300 e. The summed E-state index contributed by atoms with van der Waals surface area (Å²) < 4.78 is 23.6. The van der Waals surface area contributed by atoms with Crippen LogP contribution in [0.5, 0.6) is 0 Å². The Labute approximate surface area is 89.2 Å². The molecule has 1 rings (SSSR count). The van der Waals surface area contributed by atoms with E-state index < -0.39 is 18.0 Å². The van der Waals surface area contributed by atoms with Gasteiger partial charge in [-0.2, -0.15) is 0 Å². The molecule has 0 fully saturated rings. The van der Waals surface area contributed by atoms with Crippen molar-refractivity contribution in [1.82, 2.24) is 0 Å². The van der Waals surface area contributed by atoms with Crippen LogP contribution >= 0.6 is 11.3 Å². The highest BCUT2D eigenvalue weighted by molar-refractivity contribution is 7.10. The Morgan fingerprint density at radius 1 is 1.53 bits per heavy atom. The van der Waals surface area contributed by atoms with Gasteiger partial charge in [0.15, 0.2) is 0 Å². The fourth-order valence-electron chi connectivity index (χ4n) is 0.810. The van der Waals surface area contributed by atoms with Gasteiger partial charge in [-0.05, 0) is 23.6 Å². The molecule has 1 heterocycles. The van der Waals surface area contributed by atoms with Crippen molar-refractivity contribution in [2.75, 3.05) is 0 Å². The van der Waals surface area contributed by atoms with E-state index in [1.165, 1.54) is 23.5 Å². The van der Waals surface area contributed by atoms with Crippen molar-refractivity contribution in [3.8, 4) is 0 Å². The van der Waals surface area contributed by atoms with E-state index in [-0.39, 0.29) is 0 Å². The van der Waals surface area contributed by atoms with E-state index in [2.05, 4.69) is 0 Å². The number of ketones is 1. The Bertz CT molecular complexity index is 380. The second kappa shape index (κ2) is 5.41. The van der Waals surface area contributed by atoms with Gasteiger partial charge in [-0.15, -0.1) is 11.3 Å². The summed E-state index contributed by atoms with van der Waals surface area (Å²) >= 11 is 1.43. The average molecular weight is 230 g/mol. The molecular formula is C10H8F2O2S. The van der Waals surface area contributed by atoms with Gasteiger partial charge in [0, 0.05) is 11.0 Å². The summed E-state index contributed by atoms with van der Waals surface area (Å²) in [5.74, 6) is -1.88. The first-order valence-electron chi connectivity index (χ1n) is 4.04. The van der Waals surface area contributed by atoms with Gasteiger partial charge in [-0.1, -0.05) is 6.07 Å². The van der Waals surface area contributed by atoms with Gasteiger partial charge in [0.05, 0.1) is 0 Å². The van der Waals surface area contributed by atoms with Crippen LogP contribution in [0.2, 0.25) is 0 Å². The van der Waals surface area contributed by atoms with E-state index in [1.807, 2.05) is 11.4 Å². The maximum absolute atomic E-state index is 11.8. The quantitative estimate of drug-likeness (QED) is 0.490. The van der Waals surface area contributed by atoms with Crippen molar-refractivity contribution < 1.29 is 18.7 Å². The minimum Gasteiger partial charge on any atom is -0.508 e. The lowest BCUT2D eigenvalue weighted by atomic mass is 10.3. The number of allylic oxidation sites excluding steroid dienone is 2. The molecule has 0 amide bonds. The average Bonchev–Trinajstić information content (AvgIpc) is 2.66. The van der Waals surface area contributed by atoms with Gasteiger partial charge < -0.3 is 5.11 Å². The zero-order chi connectivity index (χ0) is 11.3. The highest BCUT2D eigenvalue weighted by Crippen LogP contribution is 2.11. The van der Waals surface area contributed by atoms with Crippen LogP contribution in [0, 0.1) is 0 Å². The second-order valence-electron chi connectivity index (χ2n) is 2.62. The van der Waals surface area contributed by atoms with E-state index >= 15 is 0 Å². The highest BCUT2D eigenvalue weighted by atomic mass is 32.1. The van der Waals surface area contributed by atoms with Crippen molar-refractivity contribution in [1.29, 1.82) is 0 Å². The molecule has 0 spiro atoms. The predicted octanol–water partition coefficient (Wildman–Crippen LogP) is 3.04. The number of aliphatic hydroxyl groups excluding tert-OH is 1. The van der Waals surface area contributed by atoms with Crippen molar-refractivity contribution in [2.24, 2.45) is 0 Å². The summed E-state index contributed by atoms with van der Waals surface area (Å²) in [6, 6.07) is 3.61. The van der Waals surface area contributed by atoms with Crippen LogP contribution in [0.3, 0.4) is 0 Å². The Balaban J connectivity index is 2.63. The summed E-state index contributed by atoms with van der Waals surface area (Å²) in [5, 5.41) is 10.9. The lowest BCUT2D eigenvalue weighted by Gasteiger charge is -1.92. The topological polar surface area (TPSA) is 37.3 Å². The van der Waals surface area contributed by atoms with Crippen molar-refractivity contribution in [2.45, 2.75) is 6.43 Å². The first-order chi connectivity index (χ1) is 7.09. The first kappa shape index (κ1) is 11.6. The van der Waals surface area contributed by atoms with Crippen molar-refractivity contribution in [3.05, 3.63) is 40.3 Å². The molecule has 0 saturated carbocycles. The first-order valence-corrected chi connectivity index (χ1v) is 4.92. The molecule has 1 N–H and O–H groups in total.